The highest BCUT2D eigenvalue weighted by Crippen LogP contribution is 2.32. The predicted octanol–water partition coefficient (Wildman–Crippen LogP) is 3.33. The maximum atomic E-state index is 11.6. The van der Waals surface area contributed by atoms with Gasteiger partial charge in [0, 0.05) is 30.2 Å². The summed E-state index contributed by atoms with van der Waals surface area (Å²) in [5.74, 6) is 0.459. The van der Waals surface area contributed by atoms with Crippen LogP contribution in [0, 0.1) is 0 Å². The van der Waals surface area contributed by atoms with Crippen molar-refractivity contribution in [3.8, 4) is 0 Å². The largest absolute Gasteiger partial charge is 0.361 e. The van der Waals surface area contributed by atoms with Crippen molar-refractivity contribution < 1.29 is 0 Å². The minimum atomic E-state index is -0.129. The fourth-order valence-corrected chi connectivity index (χ4v) is 4.15. The van der Waals surface area contributed by atoms with Crippen LogP contribution in [0.3, 0.4) is 0 Å². The molecule has 3 N–H and O–H groups in total. The number of para-hydroxylation sites is 2. The van der Waals surface area contributed by atoms with Gasteiger partial charge in [0.05, 0.1) is 11.0 Å². The van der Waals surface area contributed by atoms with E-state index in [1.807, 2.05) is 12.1 Å². The number of likely N-dealkylation sites (tertiary alicyclic amines) is 1. The molecule has 0 saturated carbocycles. The molecule has 1 saturated heterocycles. The third-order valence-corrected chi connectivity index (χ3v) is 5.36. The minimum Gasteiger partial charge on any atom is -0.361 e. The lowest BCUT2D eigenvalue weighted by atomic mass is 9.97. The van der Waals surface area contributed by atoms with Crippen molar-refractivity contribution in [1.82, 2.24) is 19.9 Å². The van der Waals surface area contributed by atoms with Gasteiger partial charge in [0.2, 0.25) is 0 Å². The van der Waals surface area contributed by atoms with Crippen molar-refractivity contribution in [1.29, 1.82) is 0 Å². The number of imidazole rings is 1. The molecule has 4 aromatic rings. The van der Waals surface area contributed by atoms with Gasteiger partial charge >= 0.3 is 5.69 Å². The molecular formula is C20H20N4O. The Labute approximate surface area is 144 Å². The molecule has 5 heteroatoms. The van der Waals surface area contributed by atoms with Crippen LogP contribution < -0.4 is 5.69 Å². The van der Waals surface area contributed by atoms with Crippen molar-refractivity contribution in [2.75, 3.05) is 13.1 Å². The molecule has 25 heavy (non-hydrogen) atoms. The molecule has 1 aliphatic heterocycles. The first-order valence-electron chi connectivity index (χ1n) is 8.76. The maximum absolute atomic E-state index is 11.6. The van der Waals surface area contributed by atoms with Gasteiger partial charge in [-0.05, 0) is 42.1 Å². The molecule has 5 rings (SSSR count). The molecule has 1 atom stereocenters. The zero-order chi connectivity index (χ0) is 16.8. The number of nitrogens with one attached hydrogen (secondary N) is 3. The van der Waals surface area contributed by atoms with Gasteiger partial charge in [-0.1, -0.05) is 30.3 Å². The van der Waals surface area contributed by atoms with Crippen LogP contribution in [0.4, 0.5) is 0 Å². The number of nitrogens with zero attached hydrogens (tertiary/aromatic N) is 1. The summed E-state index contributed by atoms with van der Waals surface area (Å²) in [6, 6.07) is 14.6. The van der Waals surface area contributed by atoms with E-state index in [0.717, 1.165) is 37.1 Å². The van der Waals surface area contributed by atoms with Crippen LogP contribution in [0.15, 0.2) is 53.5 Å². The zero-order valence-electron chi connectivity index (χ0n) is 13.9. The molecular weight excluding hydrogens is 312 g/mol. The molecule has 126 valence electrons. The topological polar surface area (TPSA) is 67.7 Å². The Morgan fingerprint density at radius 2 is 1.92 bits per heavy atom. The van der Waals surface area contributed by atoms with Crippen LogP contribution in [0.2, 0.25) is 0 Å². The number of aromatic amines is 3. The van der Waals surface area contributed by atoms with Gasteiger partial charge in [0.25, 0.3) is 0 Å². The van der Waals surface area contributed by atoms with Gasteiger partial charge in [-0.3, -0.25) is 4.90 Å². The van der Waals surface area contributed by atoms with Crippen LogP contribution in [0.5, 0.6) is 0 Å². The molecule has 0 spiro atoms. The summed E-state index contributed by atoms with van der Waals surface area (Å²) in [7, 11) is 0. The second kappa shape index (κ2) is 5.63. The van der Waals surface area contributed by atoms with Gasteiger partial charge < -0.3 is 15.0 Å². The first kappa shape index (κ1) is 14.5. The van der Waals surface area contributed by atoms with Crippen molar-refractivity contribution >= 4 is 21.9 Å². The number of fused-ring (bicyclic) bond motifs is 2. The third kappa shape index (κ3) is 2.48. The van der Waals surface area contributed by atoms with Gasteiger partial charge in [0.1, 0.15) is 0 Å². The number of hydrogen-bond acceptors (Lipinski definition) is 2. The number of aromatic nitrogens is 3. The van der Waals surface area contributed by atoms with E-state index in [4.69, 9.17) is 0 Å². The van der Waals surface area contributed by atoms with Gasteiger partial charge in [-0.25, -0.2) is 4.79 Å². The summed E-state index contributed by atoms with van der Waals surface area (Å²) in [6.45, 7) is 3.06. The van der Waals surface area contributed by atoms with E-state index >= 15 is 0 Å². The van der Waals surface area contributed by atoms with Crippen LogP contribution >= 0.6 is 0 Å². The molecule has 0 aliphatic carbocycles. The lowest BCUT2D eigenvalue weighted by Gasteiger charge is -2.16. The Bertz CT molecular complexity index is 1100. The molecule has 3 heterocycles. The van der Waals surface area contributed by atoms with Gasteiger partial charge in [0.15, 0.2) is 0 Å². The molecule has 2 aromatic carbocycles. The first-order chi connectivity index (χ1) is 12.3. The van der Waals surface area contributed by atoms with Gasteiger partial charge in [-0.15, -0.1) is 0 Å². The number of H-pyrrole nitrogens is 3. The smallest absolute Gasteiger partial charge is 0.323 e. The Balaban J connectivity index is 1.40. The van der Waals surface area contributed by atoms with Crippen molar-refractivity contribution in [3.63, 3.8) is 0 Å². The third-order valence-electron chi connectivity index (χ3n) is 5.36. The first-order valence-corrected chi connectivity index (χ1v) is 8.76. The van der Waals surface area contributed by atoms with E-state index < -0.39 is 0 Å². The number of rotatable bonds is 3. The number of benzene rings is 2. The normalized spacial score (nSPS) is 18.5. The Kier molecular flexibility index (Phi) is 3.28. The lowest BCUT2D eigenvalue weighted by Crippen LogP contribution is -2.19. The SMILES string of the molecule is O=c1[nH]c2cccc(C3CCN(Cc4c[nH]c5ccccc45)C3)c2[nH]1. The molecule has 0 amide bonds. The standard InChI is InChI=1S/C20H20N4O/c25-20-22-18-7-3-5-16(19(18)23-20)13-8-9-24(11-13)12-14-10-21-17-6-2-1-4-15(14)17/h1-7,10,13,21H,8-9,11-12H2,(H2,22,23,25). The van der Waals surface area contributed by atoms with E-state index in [1.54, 1.807) is 0 Å². The highest BCUT2D eigenvalue weighted by molar-refractivity contribution is 5.83. The molecule has 1 aliphatic rings. The summed E-state index contributed by atoms with van der Waals surface area (Å²) < 4.78 is 0. The average Bonchev–Trinajstić information content (AvgIpc) is 3.33. The second-order valence-corrected chi connectivity index (χ2v) is 6.93. The summed E-state index contributed by atoms with van der Waals surface area (Å²) in [5, 5.41) is 1.31. The van der Waals surface area contributed by atoms with Crippen LogP contribution in [-0.4, -0.2) is 32.9 Å². The molecule has 2 aromatic heterocycles. The predicted molar refractivity (Wildman–Crippen MR) is 99.9 cm³/mol. The highest BCUT2D eigenvalue weighted by atomic mass is 16.1. The van der Waals surface area contributed by atoms with E-state index in [1.165, 1.54) is 22.0 Å². The Morgan fingerprint density at radius 1 is 1.04 bits per heavy atom. The molecule has 5 nitrogen and oxygen atoms in total. The van der Waals surface area contributed by atoms with E-state index in [2.05, 4.69) is 56.4 Å². The number of hydrogen-bond donors (Lipinski definition) is 3. The van der Waals surface area contributed by atoms with E-state index in [-0.39, 0.29) is 5.69 Å². The Hall–Kier alpha value is -2.79. The summed E-state index contributed by atoms with van der Waals surface area (Å²) in [4.78, 5) is 23.3. The van der Waals surface area contributed by atoms with Crippen LogP contribution in [0.25, 0.3) is 21.9 Å². The molecule has 1 unspecified atom stereocenters. The average molecular weight is 332 g/mol. The van der Waals surface area contributed by atoms with Crippen LogP contribution in [0.1, 0.15) is 23.5 Å². The maximum Gasteiger partial charge on any atom is 0.323 e. The van der Waals surface area contributed by atoms with Gasteiger partial charge in [-0.2, -0.15) is 0 Å². The van der Waals surface area contributed by atoms with Crippen LogP contribution in [-0.2, 0) is 6.54 Å². The highest BCUT2D eigenvalue weighted by Gasteiger charge is 2.26. The summed E-state index contributed by atoms with van der Waals surface area (Å²) >= 11 is 0. The van der Waals surface area contributed by atoms with E-state index in [9.17, 15) is 4.79 Å². The lowest BCUT2D eigenvalue weighted by molar-refractivity contribution is 0.328. The summed E-state index contributed by atoms with van der Waals surface area (Å²) in [5.41, 5.74) is 5.53. The fourth-order valence-electron chi connectivity index (χ4n) is 4.15. The Morgan fingerprint density at radius 3 is 2.88 bits per heavy atom. The fraction of sp³-hybridized carbons (Fsp3) is 0.250. The molecule has 1 fully saturated rings. The molecule has 0 radical (unpaired) electrons. The zero-order valence-corrected chi connectivity index (χ0v) is 13.9. The monoisotopic (exact) mass is 332 g/mol. The van der Waals surface area contributed by atoms with Crippen molar-refractivity contribution in [2.24, 2.45) is 0 Å². The van der Waals surface area contributed by atoms with E-state index in [0.29, 0.717) is 5.92 Å². The van der Waals surface area contributed by atoms with Crippen molar-refractivity contribution in [3.05, 3.63) is 70.3 Å². The second-order valence-electron chi connectivity index (χ2n) is 6.93. The quantitative estimate of drug-likeness (QED) is 0.539. The van der Waals surface area contributed by atoms with Crippen molar-refractivity contribution in [2.45, 2.75) is 18.9 Å². The molecule has 0 bridgehead atoms. The minimum absolute atomic E-state index is 0.129. The summed E-state index contributed by atoms with van der Waals surface area (Å²) in [6.07, 6.45) is 3.25.